The monoisotopic (exact) mass is 316 g/mol. The maximum Gasteiger partial charge on any atom is 0.293 e. The van der Waals surface area contributed by atoms with Gasteiger partial charge >= 0.3 is 0 Å². The molecule has 0 heterocycles. The van der Waals surface area contributed by atoms with Crippen molar-refractivity contribution in [2.45, 2.75) is 19.3 Å². The zero-order valence-electron chi connectivity index (χ0n) is 10.3. The Morgan fingerprint density at radius 2 is 2.11 bits per heavy atom. The van der Waals surface area contributed by atoms with E-state index in [1.807, 2.05) is 11.9 Å². The molecule has 0 spiro atoms. The highest BCUT2D eigenvalue weighted by molar-refractivity contribution is 9.10. The first kappa shape index (κ1) is 14.9. The number of benzene rings is 1. The molecule has 0 unspecified atom stereocenters. The van der Waals surface area contributed by atoms with Gasteiger partial charge in [-0.2, -0.15) is 0 Å². The topological polar surface area (TPSA) is 66.6 Å². The maximum absolute atomic E-state index is 11.0. The summed E-state index contributed by atoms with van der Waals surface area (Å²) in [5.41, 5.74) is 0.723. The molecule has 18 heavy (non-hydrogen) atoms. The highest BCUT2D eigenvalue weighted by atomic mass is 79.9. The minimum atomic E-state index is -0.371. The Morgan fingerprint density at radius 1 is 1.39 bits per heavy atom. The van der Waals surface area contributed by atoms with Crippen LogP contribution in [-0.4, -0.2) is 30.2 Å². The van der Waals surface area contributed by atoms with E-state index < -0.39 is 0 Å². The molecule has 6 heteroatoms. The van der Waals surface area contributed by atoms with Crippen molar-refractivity contribution in [3.05, 3.63) is 32.8 Å². The molecular formula is C12H17BrN2O3. The van der Waals surface area contributed by atoms with Gasteiger partial charge in [0, 0.05) is 30.7 Å². The fourth-order valence-electron chi connectivity index (χ4n) is 1.72. The molecule has 0 bridgehead atoms. The third-order valence-corrected chi connectivity index (χ3v) is 3.19. The first-order valence-electron chi connectivity index (χ1n) is 5.82. The van der Waals surface area contributed by atoms with E-state index >= 15 is 0 Å². The maximum atomic E-state index is 11.0. The second kappa shape index (κ2) is 7.33. The highest BCUT2D eigenvalue weighted by Crippen LogP contribution is 2.30. The van der Waals surface area contributed by atoms with Crippen molar-refractivity contribution in [2.24, 2.45) is 0 Å². The fraction of sp³-hybridized carbons (Fsp3) is 0.500. The molecule has 0 fully saturated rings. The Balaban J connectivity index is 2.72. The summed E-state index contributed by atoms with van der Waals surface area (Å²) in [6.07, 6.45) is 2.60. The van der Waals surface area contributed by atoms with Crippen molar-refractivity contribution in [3.8, 4) is 0 Å². The third-order valence-electron chi connectivity index (χ3n) is 2.70. The molecule has 1 aromatic rings. The Kier molecular flexibility index (Phi) is 6.07. The summed E-state index contributed by atoms with van der Waals surface area (Å²) < 4.78 is 0.701. The van der Waals surface area contributed by atoms with Gasteiger partial charge in [0.15, 0.2) is 0 Å². The summed E-state index contributed by atoms with van der Waals surface area (Å²) in [6.45, 7) is 0.935. The van der Waals surface area contributed by atoms with Gasteiger partial charge < -0.3 is 10.0 Å². The number of unbranched alkanes of at least 4 members (excludes halogenated alkanes) is 2. The molecule has 0 aromatic heterocycles. The predicted octanol–water partition coefficient (Wildman–Crippen LogP) is 2.96. The summed E-state index contributed by atoms with van der Waals surface area (Å²) in [7, 11) is 1.84. The van der Waals surface area contributed by atoms with Gasteiger partial charge in [0.1, 0.15) is 5.69 Å². The lowest BCUT2D eigenvalue weighted by molar-refractivity contribution is -0.384. The largest absolute Gasteiger partial charge is 0.396 e. The van der Waals surface area contributed by atoms with Crippen LogP contribution in [0.1, 0.15) is 19.3 Å². The molecule has 0 radical (unpaired) electrons. The van der Waals surface area contributed by atoms with E-state index in [0.29, 0.717) is 10.2 Å². The Labute approximate surface area is 115 Å². The van der Waals surface area contributed by atoms with Gasteiger partial charge in [0.2, 0.25) is 0 Å². The van der Waals surface area contributed by atoms with Gasteiger partial charge in [-0.25, -0.2) is 0 Å². The quantitative estimate of drug-likeness (QED) is 0.477. The second-order valence-corrected chi connectivity index (χ2v) is 5.01. The van der Waals surface area contributed by atoms with E-state index in [1.165, 1.54) is 6.07 Å². The average molecular weight is 317 g/mol. The van der Waals surface area contributed by atoms with Gasteiger partial charge in [-0.3, -0.25) is 10.1 Å². The van der Waals surface area contributed by atoms with Crippen LogP contribution in [0, 0.1) is 10.1 Å². The Hall–Kier alpha value is -1.14. The number of nitro groups is 1. The second-order valence-electron chi connectivity index (χ2n) is 4.10. The predicted molar refractivity (Wildman–Crippen MR) is 75.0 cm³/mol. The van der Waals surface area contributed by atoms with Crippen molar-refractivity contribution in [2.75, 3.05) is 25.1 Å². The van der Waals surface area contributed by atoms with Gasteiger partial charge in [-0.05, 0) is 31.4 Å². The van der Waals surface area contributed by atoms with E-state index in [0.717, 1.165) is 25.8 Å². The number of hydrogen-bond acceptors (Lipinski definition) is 4. The van der Waals surface area contributed by atoms with Crippen molar-refractivity contribution < 1.29 is 10.0 Å². The molecule has 100 valence electrons. The van der Waals surface area contributed by atoms with Crippen molar-refractivity contribution in [1.82, 2.24) is 0 Å². The van der Waals surface area contributed by atoms with Crippen molar-refractivity contribution >= 4 is 27.3 Å². The molecule has 0 saturated heterocycles. The van der Waals surface area contributed by atoms with Gasteiger partial charge in [0.05, 0.1) is 4.92 Å². The molecule has 0 amide bonds. The van der Waals surface area contributed by atoms with E-state index in [9.17, 15) is 10.1 Å². The number of nitro benzene ring substituents is 1. The Bertz CT molecular complexity index is 412. The minimum Gasteiger partial charge on any atom is -0.396 e. The lowest BCUT2D eigenvalue weighted by atomic mass is 10.2. The van der Waals surface area contributed by atoms with Crippen LogP contribution >= 0.6 is 15.9 Å². The first-order valence-corrected chi connectivity index (χ1v) is 6.61. The van der Waals surface area contributed by atoms with Crippen molar-refractivity contribution in [3.63, 3.8) is 0 Å². The van der Waals surface area contributed by atoms with Crippen molar-refractivity contribution in [1.29, 1.82) is 0 Å². The summed E-state index contributed by atoms with van der Waals surface area (Å²) >= 11 is 3.24. The molecule has 0 atom stereocenters. The number of rotatable bonds is 7. The molecule has 1 aromatic carbocycles. The molecular weight excluding hydrogens is 300 g/mol. The lowest BCUT2D eigenvalue weighted by Crippen LogP contribution is -2.19. The Morgan fingerprint density at radius 3 is 2.72 bits per heavy atom. The van der Waals surface area contributed by atoms with Crippen LogP contribution in [-0.2, 0) is 0 Å². The zero-order valence-corrected chi connectivity index (χ0v) is 11.9. The summed E-state index contributed by atoms with van der Waals surface area (Å²) in [5, 5.41) is 19.7. The van der Waals surface area contributed by atoms with Crippen LogP contribution in [0.15, 0.2) is 22.7 Å². The fourth-order valence-corrected chi connectivity index (χ4v) is 2.07. The van der Waals surface area contributed by atoms with E-state index in [2.05, 4.69) is 15.9 Å². The van der Waals surface area contributed by atoms with Crippen LogP contribution in [0.25, 0.3) is 0 Å². The van der Waals surface area contributed by atoms with Crippen LogP contribution in [0.2, 0.25) is 0 Å². The first-order chi connectivity index (χ1) is 8.56. The number of anilines is 1. The average Bonchev–Trinajstić information content (AvgIpc) is 2.34. The van der Waals surface area contributed by atoms with Gasteiger partial charge in [-0.1, -0.05) is 15.9 Å². The van der Waals surface area contributed by atoms with Crippen LogP contribution in [0.3, 0.4) is 0 Å². The van der Waals surface area contributed by atoms with E-state index in [1.54, 1.807) is 12.1 Å². The van der Waals surface area contributed by atoms with Gasteiger partial charge in [0.25, 0.3) is 5.69 Å². The number of aliphatic hydroxyl groups is 1. The number of hydrogen-bond donors (Lipinski definition) is 1. The lowest BCUT2D eigenvalue weighted by Gasteiger charge is -2.19. The van der Waals surface area contributed by atoms with E-state index in [-0.39, 0.29) is 17.2 Å². The zero-order chi connectivity index (χ0) is 13.5. The number of halogens is 1. The SMILES string of the molecule is CN(CCCCCO)c1ccc(Br)cc1[N+](=O)[O-]. The normalized spacial score (nSPS) is 10.4. The third kappa shape index (κ3) is 4.27. The standard InChI is InChI=1S/C12H17BrN2O3/c1-14(7-3-2-4-8-16)11-6-5-10(13)9-12(11)15(17)18/h5-6,9,16H,2-4,7-8H2,1H3. The van der Waals surface area contributed by atoms with Crippen LogP contribution in [0.4, 0.5) is 11.4 Å². The summed E-state index contributed by atoms with van der Waals surface area (Å²) in [6, 6.07) is 5.06. The molecule has 0 aliphatic carbocycles. The van der Waals surface area contributed by atoms with Gasteiger partial charge in [-0.15, -0.1) is 0 Å². The molecule has 0 aliphatic rings. The molecule has 0 saturated carbocycles. The molecule has 0 aliphatic heterocycles. The summed E-state index contributed by atoms with van der Waals surface area (Å²) in [5.74, 6) is 0. The van der Waals surface area contributed by atoms with E-state index in [4.69, 9.17) is 5.11 Å². The van der Waals surface area contributed by atoms with Crippen LogP contribution in [0.5, 0.6) is 0 Å². The molecule has 5 nitrogen and oxygen atoms in total. The molecule has 1 N–H and O–H groups in total. The molecule has 1 rings (SSSR count). The number of nitrogens with zero attached hydrogens (tertiary/aromatic N) is 2. The smallest absolute Gasteiger partial charge is 0.293 e. The minimum absolute atomic E-state index is 0.106. The summed E-state index contributed by atoms with van der Waals surface area (Å²) in [4.78, 5) is 12.5. The van der Waals surface area contributed by atoms with Crippen LogP contribution < -0.4 is 4.90 Å². The highest BCUT2D eigenvalue weighted by Gasteiger charge is 2.17. The number of aliphatic hydroxyl groups excluding tert-OH is 1.